The van der Waals surface area contributed by atoms with Crippen LogP contribution in [-0.4, -0.2) is 35.1 Å². The van der Waals surface area contributed by atoms with E-state index in [1.54, 1.807) is 56.4 Å². The monoisotopic (exact) mass is 477 g/mol. The Morgan fingerprint density at radius 2 is 1.76 bits per heavy atom. The van der Waals surface area contributed by atoms with Crippen molar-refractivity contribution >= 4 is 28.7 Å². The maximum absolute atomic E-state index is 13.4. The number of hydrogen-bond acceptors (Lipinski definition) is 6. The van der Waals surface area contributed by atoms with Gasteiger partial charge < -0.3 is 14.9 Å². The predicted octanol–water partition coefficient (Wildman–Crippen LogP) is 5.30. The van der Waals surface area contributed by atoms with Crippen LogP contribution in [0.25, 0.3) is 10.4 Å². The number of carbonyl (C=O) groups excluding carboxylic acids is 2. The van der Waals surface area contributed by atoms with Crippen molar-refractivity contribution in [2.75, 3.05) is 18.1 Å². The molecule has 2 N–H and O–H groups in total. The standard InChI is InChI=1S/C27H27NO5S/c1-27(2,3)25(31)22-23(19-7-4-5-8-20(19)33-15-14-29)28(26(32)24(22)30)18-12-10-17(11-13-18)21-9-6-16-34-21/h4-13,16,23,29-30H,14-15H2,1-3H3. The van der Waals surface area contributed by atoms with Crippen LogP contribution in [0, 0.1) is 5.41 Å². The van der Waals surface area contributed by atoms with Gasteiger partial charge in [0, 0.05) is 21.5 Å². The molecule has 0 spiro atoms. The number of rotatable bonds is 7. The molecule has 3 aromatic rings. The molecule has 176 valence electrons. The lowest BCUT2D eigenvalue weighted by Crippen LogP contribution is -2.33. The second-order valence-electron chi connectivity index (χ2n) is 9.05. The zero-order valence-electron chi connectivity index (χ0n) is 19.3. The first kappa shape index (κ1) is 23.7. The van der Waals surface area contributed by atoms with E-state index in [9.17, 15) is 19.8 Å². The predicted molar refractivity (Wildman–Crippen MR) is 133 cm³/mol. The molecule has 1 aliphatic heterocycles. The van der Waals surface area contributed by atoms with Gasteiger partial charge in [-0.25, -0.2) is 0 Å². The average Bonchev–Trinajstić information content (AvgIpc) is 3.44. The minimum Gasteiger partial charge on any atom is -0.503 e. The smallest absolute Gasteiger partial charge is 0.294 e. The number of para-hydroxylation sites is 1. The maximum Gasteiger partial charge on any atom is 0.294 e. The molecule has 1 aromatic heterocycles. The van der Waals surface area contributed by atoms with Crippen molar-refractivity contribution in [3.8, 4) is 16.2 Å². The molecule has 4 rings (SSSR count). The molecule has 1 unspecified atom stereocenters. The number of nitrogens with zero attached hydrogens (tertiary/aromatic N) is 1. The molecule has 1 aliphatic rings. The van der Waals surface area contributed by atoms with Gasteiger partial charge in [0.25, 0.3) is 5.91 Å². The average molecular weight is 478 g/mol. The van der Waals surface area contributed by atoms with Crippen LogP contribution in [0.2, 0.25) is 0 Å². The first-order valence-corrected chi connectivity index (χ1v) is 11.9. The largest absolute Gasteiger partial charge is 0.503 e. The summed E-state index contributed by atoms with van der Waals surface area (Å²) >= 11 is 1.62. The van der Waals surface area contributed by atoms with Crippen molar-refractivity contribution in [1.29, 1.82) is 0 Å². The van der Waals surface area contributed by atoms with Crippen LogP contribution < -0.4 is 9.64 Å². The number of amides is 1. The normalized spacial score (nSPS) is 16.3. The number of ketones is 1. The first-order valence-electron chi connectivity index (χ1n) is 11.0. The molecule has 34 heavy (non-hydrogen) atoms. The number of thiophene rings is 1. The lowest BCUT2D eigenvalue weighted by Gasteiger charge is -2.30. The topological polar surface area (TPSA) is 87.1 Å². The van der Waals surface area contributed by atoms with Crippen molar-refractivity contribution in [2.24, 2.45) is 5.41 Å². The molecule has 0 saturated carbocycles. The van der Waals surface area contributed by atoms with E-state index in [0.29, 0.717) is 17.0 Å². The van der Waals surface area contributed by atoms with Crippen molar-refractivity contribution in [3.63, 3.8) is 0 Å². The van der Waals surface area contributed by atoms with Gasteiger partial charge in [-0.1, -0.05) is 57.2 Å². The molecule has 6 nitrogen and oxygen atoms in total. The number of hydrogen-bond donors (Lipinski definition) is 2. The first-order chi connectivity index (χ1) is 16.2. The molecule has 7 heteroatoms. The van der Waals surface area contributed by atoms with Gasteiger partial charge in [0.2, 0.25) is 0 Å². The number of anilines is 1. The van der Waals surface area contributed by atoms with Gasteiger partial charge in [-0.05, 0) is 35.2 Å². The molecular weight excluding hydrogens is 450 g/mol. The van der Waals surface area contributed by atoms with Crippen LogP contribution in [0.1, 0.15) is 32.4 Å². The van der Waals surface area contributed by atoms with E-state index in [1.807, 2.05) is 41.8 Å². The van der Waals surface area contributed by atoms with Crippen LogP contribution in [0.5, 0.6) is 5.75 Å². The van der Waals surface area contributed by atoms with Gasteiger partial charge in [0.1, 0.15) is 12.4 Å². The summed E-state index contributed by atoms with van der Waals surface area (Å²) in [6, 6.07) is 17.6. The van der Waals surface area contributed by atoms with Crippen LogP contribution in [0.4, 0.5) is 5.69 Å². The zero-order valence-corrected chi connectivity index (χ0v) is 20.1. The molecule has 1 atom stereocenters. The van der Waals surface area contributed by atoms with Gasteiger partial charge in [-0.3, -0.25) is 14.5 Å². The van der Waals surface area contributed by atoms with Crippen molar-refractivity contribution in [1.82, 2.24) is 0 Å². The van der Waals surface area contributed by atoms with Crippen molar-refractivity contribution in [3.05, 3.63) is 82.9 Å². The number of aliphatic hydroxyl groups excluding tert-OH is 2. The lowest BCUT2D eigenvalue weighted by atomic mass is 9.82. The Kier molecular flexibility index (Phi) is 6.59. The quantitative estimate of drug-likeness (QED) is 0.482. The van der Waals surface area contributed by atoms with E-state index in [0.717, 1.165) is 10.4 Å². The Labute approximate surface area is 202 Å². The molecular formula is C27H27NO5S. The third kappa shape index (κ3) is 4.36. The van der Waals surface area contributed by atoms with E-state index < -0.39 is 23.1 Å². The van der Waals surface area contributed by atoms with E-state index in [-0.39, 0.29) is 24.6 Å². The minimum absolute atomic E-state index is 0.0416. The summed E-state index contributed by atoms with van der Waals surface area (Å²) in [6.07, 6.45) is 0. The Balaban J connectivity index is 1.84. The summed E-state index contributed by atoms with van der Waals surface area (Å²) in [5, 5.41) is 22.2. The summed E-state index contributed by atoms with van der Waals surface area (Å²) < 4.78 is 5.73. The third-order valence-electron chi connectivity index (χ3n) is 5.65. The fraction of sp³-hybridized carbons (Fsp3) is 0.259. The third-order valence-corrected chi connectivity index (χ3v) is 6.57. The highest BCUT2D eigenvalue weighted by molar-refractivity contribution is 7.13. The highest BCUT2D eigenvalue weighted by Crippen LogP contribution is 2.46. The maximum atomic E-state index is 13.4. The van der Waals surface area contributed by atoms with Crippen LogP contribution in [0.3, 0.4) is 0 Å². The fourth-order valence-electron chi connectivity index (χ4n) is 4.02. The number of benzene rings is 2. The number of ether oxygens (including phenoxy) is 1. The second-order valence-corrected chi connectivity index (χ2v) is 10.0. The molecule has 0 fully saturated rings. The van der Waals surface area contributed by atoms with Gasteiger partial charge >= 0.3 is 0 Å². The van der Waals surface area contributed by atoms with Gasteiger partial charge in [-0.15, -0.1) is 11.3 Å². The van der Waals surface area contributed by atoms with Crippen molar-refractivity contribution < 1.29 is 24.5 Å². The van der Waals surface area contributed by atoms with Gasteiger partial charge in [0.05, 0.1) is 18.2 Å². The highest BCUT2D eigenvalue weighted by atomic mass is 32.1. The van der Waals surface area contributed by atoms with Gasteiger partial charge in [-0.2, -0.15) is 0 Å². The summed E-state index contributed by atoms with van der Waals surface area (Å²) in [6.45, 7) is 5.14. The summed E-state index contributed by atoms with van der Waals surface area (Å²) in [7, 11) is 0. The fourth-order valence-corrected chi connectivity index (χ4v) is 4.76. The van der Waals surface area contributed by atoms with Crippen LogP contribution in [0.15, 0.2) is 77.4 Å². The summed E-state index contributed by atoms with van der Waals surface area (Å²) in [5.74, 6) is -1.08. The molecule has 2 aromatic carbocycles. The SMILES string of the molecule is CC(C)(C)C(=O)C1=C(O)C(=O)N(c2ccc(-c3cccs3)cc2)C1c1ccccc1OCCO. The molecule has 0 saturated heterocycles. The van der Waals surface area contributed by atoms with E-state index in [1.165, 1.54) is 4.90 Å². The van der Waals surface area contributed by atoms with Crippen LogP contribution >= 0.6 is 11.3 Å². The molecule has 0 aliphatic carbocycles. The highest BCUT2D eigenvalue weighted by Gasteiger charge is 2.47. The Morgan fingerprint density at radius 3 is 2.38 bits per heavy atom. The molecule has 0 bridgehead atoms. The zero-order chi connectivity index (χ0) is 24.5. The molecule has 0 radical (unpaired) electrons. The molecule has 1 amide bonds. The lowest BCUT2D eigenvalue weighted by molar-refractivity contribution is -0.123. The van der Waals surface area contributed by atoms with E-state index in [2.05, 4.69) is 0 Å². The van der Waals surface area contributed by atoms with E-state index >= 15 is 0 Å². The summed E-state index contributed by atoms with van der Waals surface area (Å²) in [5.41, 5.74) is 1.34. The van der Waals surface area contributed by atoms with Gasteiger partial charge in [0.15, 0.2) is 11.5 Å². The van der Waals surface area contributed by atoms with Crippen molar-refractivity contribution in [2.45, 2.75) is 26.8 Å². The summed E-state index contributed by atoms with van der Waals surface area (Å²) in [4.78, 5) is 29.3. The number of aliphatic hydroxyl groups is 2. The minimum atomic E-state index is -0.873. The number of carbonyl (C=O) groups is 2. The van der Waals surface area contributed by atoms with Crippen LogP contribution in [-0.2, 0) is 9.59 Å². The second kappa shape index (κ2) is 9.44. The molecule has 2 heterocycles. The van der Waals surface area contributed by atoms with E-state index in [4.69, 9.17) is 4.74 Å². The number of Topliss-reactive ketones (excluding diaryl/α,β-unsaturated/α-hetero) is 1. The Morgan fingerprint density at radius 1 is 1.06 bits per heavy atom. The Hall–Kier alpha value is -3.42. The Bertz CT molecular complexity index is 1220.